The summed E-state index contributed by atoms with van der Waals surface area (Å²) in [6.07, 6.45) is 8.64. The standard InChI is InChI=1S/C16H27N3O4.C13H12/c20-14(10-17-11-15(21)22)19-8-4-7-13(19)16(23)18-9-12-5-2-1-3-6-12;1-3-7-12(8-4-1)11-13-9-5-2-6-10-13/h12-13,17H,1-11H2,(H,18,23)(H,21,22);1-10H,11H2. The Kier molecular flexibility index (Phi) is 11.4. The molecular formula is C29H39N3O4. The molecule has 2 aromatic rings. The maximum absolute atomic E-state index is 12.4. The van der Waals surface area contributed by atoms with Gasteiger partial charge in [0.05, 0.1) is 13.1 Å². The van der Waals surface area contributed by atoms with Crippen molar-refractivity contribution in [1.29, 1.82) is 0 Å². The van der Waals surface area contributed by atoms with Crippen LogP contribution in [-0.4, -0.2) is 60.0 Å². The molecule has 0 spiro atoms. The van der Waals surface area contributed by atoms with Crippen LogP contribution in [0, 0.1) is 5.92 Å². The molecule has 7 nitrogen and oxygen atoms in total. The summed E-state index contributed by atoms with van der Waals surface area (Å²) < 4.78 is 0. The third-order valence-corrected chi connectivity index (χ3v) is 6.81. The summed E-state index contributed by atoms with van der Waals surface area (Å²) in [5.74, 6) is -0.710. The summed E-state index contributed by atoms with van der Waals surface area (Å²) in [6, 6.07) is 20.7. The van der Waals surface area contributed by atoms with Crippen LogP contribution in [0.25, 0.3) is 0 Å². The third-order valence-electron chi connectivity index (χ3n) is 6.81. The van der Waals surface area contributed by atoms with Crippen LogP contribution in [0.1, 0.15) is 56.1 Å². The van der Waals surface area contributed by atoms with Crippen LogP contribution in [0.15, 0.2) is 60.7 Å². The Balaban J connectivity index is 0.000000233. The molecule has 1 unspecified atom stereocenters. The van der Waals surface area contributed by atoms with Gasteiger partial charge in [-0.1, -0.05) is 79.9 Å². The van der Waals surface area contributed by atoms with Gasteiger partial charge in [0.25, 0.3) is 0 Å². The van der Waals surface area contributed by atoms with Gasteiger partial charge < -0.3 is 15.3 Å². The summed E-state index contributed by atoms with van der Waals surface area (Å²) in [4.78, 5) is 36.5. The number of nitrogens with one attached hydrogen (secondary N) is 2. The number of likely N-dealkylation sites (tertiary alicyclic amines) is 1. The molecule has 2 aromatic carbocycles. The van der Waals surface area contributed by atoms with Crippen LogP contribution >= 0.6 is 0 Å². The quantitative estimate of drug-likeness (QED) is 0.496. The van der Waals surface area contributed by atoms with Gasteiger partial charge in [-0.05, 0) is 49.1 Å². The molecule has 2 amide bonds. The van der Waals surface area contributed by atoms with Crippen molar-refractivity contribution in [3.05, 3.63) is 71.8 Å². The number of carboxylic acid groups (broad SMARTS) is 1. The van der Waals surface area contributed by atoms with E-state index in [9.17, 15) is 14.4 Å². The van der Waals surface area contributed by atoms with Gasteiger partial charge in [-0.25, -0.2) is 0 Å². The number of hydrogen-bond donors (Lipinski definition) is 3. The normalized spacial score (nSPS) is 17.7. The summed E-state index contributed by atoms with van der Waals surface area (Å²) in [5, 5.41) is 14.2. The molecular weight excluding hydrogens is 454 g/mol. The van der Waals surface area contributed by atoms with Crippen molar-refractivity contribution in [2.75, 3.05) is 26.2 Å². The molecule has 3 N–H and O–H groups in total. The van der Waals surface area contributed by atoms with Crippen molar-refractivity contribution < 1.29 is 19.5 Å². The Morgan fingerprint density at radius 1 is 0.806 bits per heavy atom. The zero-order valence-corrected chi connectivity index (χ0v) is 21.0. The predicted molar refractivity (Wildman–Crippen MR) is 141 cm³/mol. The van der Waals surface area contributed by atoms with Crippen LogP contribution in [-0.2, 0) is 20.8 Å². The molecule has 2 fully saturated rings. The van der Waals surface area contributed by atoms with E-state index in [1.165, 1.54) is 43.2 Å². The molecule has 1 saturated carbocycles. The van der Waals surface area contributed by atoms with Crippen LogP contribution in [0.5, 0.6) is 0 Å². The van der Waals surface area contributed by atoms with Gasteiger partial charge in [0, 0.05) is 13.1 Å². The van der Waals surface area contributed by atoms with Gasteiger partial charge in [-0.15, -0.1) is 0 Å². The molecule has 1 aliphatic heterocycles. The van der Waals surface area contributed by atoms with Crippen LogP contribution in [0.4, 0.5) is 0 Å². The monoisotopic (exact) mass is 493 g/mol. The van der Waals surface area contributed by atoms with Gasteiger partial charge >= 0.3 is 5.97 Å². The van der Waals surface area contributed by atoms with E-state index in [-0.39, 0.29) is 24.9 Å². The molecule has 2 aliphatic rings. The molecule has 1 aliphatic carbocycles. The summed E-state index contributed by atoms with van der Waals surface area (Å²) in [5.41, 5.74) is 2.74. The van der Waals surface area contributed by atoms with Crippen molar-refractivity contribution in [2.24, 2.45) is 5.92 Å². The fourth-order valence-electron chi connectivity index (χ4n) is 4.90. The summed E-state index contributed by atoms with van der Waals surface area (Å²) in [6.45, 7) is 0.973. The zero-order valence-electron chi connectivity index (χ0n) is 21.0. The van der Waals surface area contributed by atoms with Crippen LogP contribution < -0.4 is 10.6 Å². The highest BCUT2D eigenvalue weighted by Crippen LogP contribution is 2.23. The van der Waals surface area contributed by atoms with Crippen LogP contribution in [0.3, 0.4) is 0 Å². The maximum atomic E-state index is 12.4. The molecule has 0 bridgehead atoms. The van der Waals surface area contributed by atoms with Crippen molar-refractivity contribution in [3.63, 3.8) is 0 Å². The highest BCUT2D eigenvalue weighted by molar-refractivity contribution is 5.89. The molecule has 194 valence electrons. The maximum Gasteiger partial charge on any atom is 0.317 e. The first-order valence-corrected chi connectivity index (χ1v) is 13.1. The summed E-state index contributed by atoms with van der Waals surface area (Å²) in [7, 11) is 0. The Hall–Kier alpha value is -3.19. The van der Waals surface area contributed by atoms with Crippen molar-refractivity contribution in [3.8, 4) is 0 Å². The molecule has 1 saturated heterocycles. The number of benzene rings is 2. The van der Waals surface area contributed by atoms with E-state index in [4.69, 9.17) is 5.11 Å². The predicted octanol–water partition coefficient (Wildman–Crippen LogP) is 3.63. The minimum atomic E-state index is -0.999. The lowest BCUT2D eigenvalue weighted by molar-refractivity contribution is -0.138. The fourth-order valence-corrected chi connectivity index (χ4v) is 4.90. The second-order valence-electron chi connectivity index (χ2n) is 9.64. The van der Waals surface area contributed by atoms with E-state index < -0.39 is 12.0 Å². The van der Waals surface area contributed by atoms with Gasteiger partial charge in [-0.2, -0.15) is 0 Å². The van der Waals surface area contributed by atoms with E-state index in [0.29, 0.717) is 25.4 Å². The number of rotatable bonds is 9. The highest BCUT2D eigenvalue weighted by Gasteiger charge is 2.33. The summed E-state index contributed by atoms with van der Waals surface area (Å²) >= 11 is 0. The Morgan fingerprint density at radius 3 is 2.00 bits per heavy atom. The van der Waals surface area contributed by atoms with Crippen molar-refractivity contribution in [2.45, 2.75) is 57.4 Å². The number of carbonyl (C=O) groups is 3. The van der Waals surface area contributed by atoms with Gasteiger partial charge in [0.15, 0.2) is 0 Å². The van der Waals surface area contributed by atoms with Gasteiger partial charge in [-0.3, -0.25) is 19.7 Å². The molecule has 1 atom stereocenters. The third kappa shape index (κ3) is 9.46. The Labute approximate surface area is 214 Å². The number of aliphatic carboxylic acids is 1. The van der Waals surface area contributed by atoms with E-state index in [1.54, 1.807) is 4.90 Å². The first-order chi connectivity index (χ1) is 17.5. The number of hydrogen-bond acceptors (Lipinski definition) is 4. The van der Waals surface area contributed by atoms with E-state index >= 15 is 0 Å². The fraction of sp³-hybridized carbons (Fsp3) is 0.483. The van der Waals surface area contributed by atoms with Gasteiger partial charge in [0.2, 0.25) is 11.8 Å². The molecule has 0 radical (unpaired) electrons. The Morgan fingerprint density at radius 2 is 1.42 bits per heavy atom. The lowest BCUT2D eigenvalue weighted by Crippen LogP contribution is -2.49. The number of nitrogens with zero attached hydrogens (tertiary/aromatic N) is 1. The topological polar surface area (TPSA) is 98.7 Å². The van der Waals surface area contributed by atoms with Crippen molar-refractivity contribution >= 4 is 17.8 Å². The zero-order chi connectivity index (χ0) is 25.6. The number of carbonyl (C=O) groups excluding carboxylic acids is 2. The lowest BCUT2D eigenvalue weighted by Gasteiger charge is -2.26. The molecule has 1 heterocycles. The van der Waals surface area contributed by atoms with Crippen molar-refractivity contribution in [1.82, 2.24) is 15.5 Å². The number of carboxylic acids is 1. The second-order valence-corrected chi connectivity index (χ2v) is 9.64. The highest BCUT2D eigenvalue weighted by atomic mass is 16.4. The second kappa shape index (κ2) is 15.0. The Bertz CT molecular complexity index is 908. The minimum absolute atomic E-state index is 0.0430. The largest absolute Gasteiger partial charge is 0.480 e. The lowest BCUT2D eigenvalue weighted by atomic mass is 9.89. The number of amides is 2. The van der Waals surface area contributed by atoms with Gasteiger partial charge in [0.1, 0.15) is 6.04 Å². The van der Waals surface area contributed by atoms with E-state index in [1.807, 2.05) is 0 Å². The molecule has 0 aromatic heterocycles. The molecule has 7 heteroatoms. The van der Waals surface area contributed by atoms with E-state index in [2.05, 4.69) is 71.3 Å². The van der Waals surface area contributed by atoms with Crippen LogP contribution in [0.2, 0.25) is 0 Å². The minimum Gasteiger partial charge on any atom is -0.480 e. The van der Waals surface area contributed by atoms with E-state index in [0.717, 1.165) is 12.8 Å². The first kappa shape index (κ1) is 27.4. The first-order valence-electron chi connectivity index (χ1n) is 13.1. The average molecular weight is 494 g/mol. The molecule has 4 rings (SSSR count). The molecule has 36 heavy (non-hydrogen) atoms. The SMILES string of the molecule is O=C(O)CNCC(=O)N1CCCC1C(=O)NCC1CCCCC1.c1ccc(Cc2ccccc2)cc1. The average Bonchev–Trinajstić information content (AvgIpc) is 3.40. The smallest absolute Gasteiger partial charge is 0.317 e.